The molecule has 2 aromatic rings. The average molecular weight is 283 g/mol. The Kier molecular flexibility index (Phi) is 4.66. The van der Waals surface area contributed by atoms with Crippen molar-refractivity contribution in [3.05, 3.63) is 52.8 Å². The van der Waals surface area contributed by atoms with Crippen LogP contribution in [0.5, 0.6) is 5.75 Å². The third-order valence-corrected chi connectivity index (χ3v) is 3.95. The highest BCUT2D eigenvalue weighted by Crippen LogP contribution is 2.20. The molecule has 0 aliphatic rings. The number of nitrogens with one attached hydrogen (secondary N) is 1. The quantitative estimate of drug-likeness (QED) is 0.917. The van der Waals surface area contributed by atoms with Crippen molar-refractivity contribution in [2.45, 2.75) is 26.4 Å². The lowest BCUT2D eigenvalue weighted by Crippen LogP contribution is -2.18. The Morgan fingerprint density at radius 2 is 2.14 bits per heavy atom. The first-order chi connectivity index (χ1) is 10.1. The van der Waals surface area contributed by atoms with Gasteiger partial charge in [0.2, 0.25) is 0 Å². The fraction of sp³-hybridized carbons (Fsp3) is 0.353. The molecule has 0 radical (unpaired) electrons. The van der Waals surface area contributed by atoms with E-state index in [9.17, 15) is 0 Å². The standard InChI is InChI=1S/C17H21N3O/c1-12(14-6-5-7-17(9-14)21-4)19-11-15-8-16(10-18)20(3)13(15)2/h5-9,12,19H,11H2,1-4H3. The van der Waals surface area contributed by atoms with Crippen molar-refractivity contribution in [1.29, 1.82) is 5.26 Å². The maximum atomic E-state index is 9.06. The normalized spacial score (nSPS) is 12.0. The zero-order chi connectivity index (χ0) is 15.4. The van der Waals surface area contributed by atoms with Gasteiger partial charge in [-0.1, -0.05) is 12.1 Å². The van der Waals surface area contributed by atoms with E-state index in [1.165, 1.54) is 5.56 Å². The van der Waals surface area contributed by atoms with Crippen LogP contribution in [0.25, 0.3) is 0 Å². The summed E-state index contributed by atoms with van der Waals surface area (Å²) in [6.45, 7) is 4.89. The summed E-state index contributed by atoms with van der Waals surface area (Å²) in [6.07, 6.45) is 0. The Bertz CT molecular complexity index is 667. The van der Waals surface area contributed by atoms with Gasteiger partial charge in [0.05, 0.1) is 7.11 Å². The summed E-state index contributed by atoms with van der Waals surface area (Å²) in [7, 11) is 3.59. The number of aromatic nitrogens is 1. The van der Waals surface area contributed by atoms with Crippen molar-refractivity contribution in [1.82, 2.24) is 9.88 Å². The zero-order valence-corrected chi connectivity index (χ0v) is 13.0. The van der Waals surface area contributed by atoms with Gasteiger partial charge in [-0.2, -0.15) is 5.26 Å². The highest BCUT2D eigenvalue weighted by Gasteiger charge is 2.11. The second-order valence-corrected chi connectivity index (χ2v) is 5.19. The van der Waals surface area contributed by atoms with Gasteiger partial charge in [-0.05, 0) is 43.2 Å². The minimum absolute atomic E-state index is 0.213. The van der Waals surface area contributed by atoms with Gasteiger partial charge < -0.3 is 14.6 Å². The van der Waals surface area contributed by atoms with Crippen molar-refractivity contribution in [3.8, 4) is 11.8 Å². The molecular formula is C17H21N3O. The molecule has 1 atom stereocenters. The predicted octanol–water partition coefficient (Wildman–Crippen LogP) is 3.06. The van der Waals surface area contributed by atoms with E-state index in [2.05, 4.69) is 24.4 Å². The summed E-state index contributed by atoms with van der Waals surface area (Å²) in [5, 5.41) is 12.6. The molecule has 0 saturated heterocycles. The van der Waals surface area contributed by atoms with E-state index in [0.717, 1.165) is 23.6 Å². The van der Waals surface area contributed by atoms with Gasteiger partial charge in [-0.3, -0.25) is 0 Å². The lowest BCUT2D eigenvalue weighted by molar-refractivity contribution is 0.413. The monoisotopic (exact) mass is 283 g/mol. The van der Waals surface area contributed by atoms with E-state index in [4.69, 9.17) is 10.00 Å². The van der Waals surface area contributed by atoms with Crippen LogP contribution in [0, 0.1) is 18.3 Å². The molecule has 1 N–H and O–H groups in total. The number of hydrogen-bond acceptors (Lipinski definition) is 3. The molecule has 0 fully saturated rings. The highest BCUT2D eigenvalue weighted by atomic mass is 16.5. The van der Waals surface area contributed by atoms with E-state index >= 15 is 0 Å². The highest BCUT2D eigenvalue weighted by molar-refractivity contribution is 5.34. The molecule has 4 heteroatoms. The molecule has 0 aliphatic heterocycles. The molecule has 4 nitrogen and oxygen atoms in total. The summed E-state index contributed by atoms with van der Waals surface area (Å²) < 4.78 is 7.18. The largest absolute Gasteiger partial charge is 0.497 e. The van der Waals surface area contributed by atoms with E-state index in [1.54, 1.807) is 7.11 Å². The Morgan fingerprint density at radius 3 is 2.76 bits per heavy atom. The molecule has 2 rings (SSSR count). The first-order valence-corrected chi connectivity index (χ1v) is 6.99. The van der Waals surface area contributed by atoms with Crippen LogP contribution in [0.4, 0.5) is 0 Å². The minimum atomic E-state index is 0.213. The maximum absolute atomic E-state index is 9.06. The number of rotatable bonds is 5. The fourth-order valence-corrected chi connectivity index (χ4v) is 2.34. The lowest BCUT2D eigenvalue weighted by atomic mass is 10.1. The van der Waals surface area contributed by atoms with Gasteiger partial charge in [0, 0.05) is 25.3 Å². The van der Waals surface area contributed by atoms with E-state index < -0.39 is 0 Å². The molecule has 0 saturated carbocycles. The van der Waals surface area contributed by atoms with Crippen molar-refractivity contribution in [2.75, 3.05) is 7.11 Å². The number of benzene rings is 1. The van der Waals surface area contributed by atoms with Gasteiger partial charge in [0.15, 0.2) is 0 Å². The zero-order valence-electron chi connectivity index (χ0n) is 13.0. The average Bonchev–Trinajstić information content (AvgIpc) is 2.80. The summed E-state index contributed by atoms with van der Waals surface area (Å²) in [5.41, 5.74) is 4.16. The molecule has 0 amide bonds. The van der Waals surface area contributed by atoms with Crippen molar-refractivity contribution < 1.29 is 4.74 Å². The van der Waals surface area contributed by atoms with Crippen LogP contribution in [-0.2, 0) is 13.6 Å². The molecule has 1 unspecified atom stereocenters. The van der Waals surface area contributed by atoms with Gasteiger partial charge >= 0.3 is 0 Å². The Morgan fingerprint density at radius 1 is 1.38 bits per heavy atom. The SMILES string of the molecule is COc1cccc(C(C)NCc2cc(C#N)n(C)c2C)c1. The smallest absolute Gasteiger partial charge is 0.120 e. The number of ether oxygens (including phenoxy) is 1. The topological polar surface area (TPSA) is 50.0 Å². The molecule has 1 aromatic heterocycles. The van der Waals surface area contributed by atoms with Gasteiger partial charge in [-0.15, -0.1) is 0 Å². The predicted molar refractivity (Wildman–Crippen MR) is 83.1 cm³/mol. The van der Waals surface area contributed by atoms with Crippen molar-refractivity contribution in [2.24, 2.45) is 7.05 Å². The second kappa shape index (κ2) is 6.47. The molecule has 0 spiro atoms. The summed E-state index contributed by atoms with van der Waals surface area (Å²) in [4.78, 5) is 0. The Hall–Kier alpha value is -2.25. The van der Waals surface area contributed by atoms with Crippen molar-refractivity contribution in [3.63, 3.8) is 0 Å². The fourth-order valence-electron chi connectivity index (χ4n) is 2.34. The number of nitrogens with zero attached hydrogens (tertiary/aromatic N) is 2. The third kappa shape index (κ3) is 3.26. The maximum Gasteiger partial charge on any atom is 0.120 e. The summed E-state index contributed by atoms with van der Waals surface area (Å²) in [6, 6.07) is 12.4. The molecule has 110 valence electrons. The van der Waals surface area contributed by atoms with Gasteiger partial charge in [0.1, 0.15) is 17.5 Å². The van der Waals surface area contributed by atoms with E-state index in [1.807, 2.05) is 42.8 Å². The van der Waals surface area contributed by atoms with Crippen molar-refractivity contribution >= 4 is 0 Å². The Balaban J connectivity index is 2.07. The molecular weight excluding hydrogens is 262 g/mol. The molecule has 21 heavy (non-hydrogen) atoms. The van der Waals surface area contributed by atoms with Crippen LogP contribution in [0.15, 0.2) is 30.3 Å². The molecule has 0 aliphatic carbocycles. The van der Waals surface area contributed by atoms with Crippen LogP contribution >= 0.6 is 0 Å². The molecule has 1 aromatic carbocycles. The van der Waals surface area contributed by atoms with Crippen LogP contribution in [-0.4, -0.2) is 11.7 Å². The number of methoxy groups -OCH3 is 1. The summed E-state index contributed by atoms with van der Waals surface area (Å²) >= 11 is 0. The van der Waals surface area contributed by atoms with Gasteiger partial charge in [-0.25, -0.2) is 0 Å². The first-order valence-electron chi connectivity index (χ1n) is 6.99. The molecule has 0 bridgehead atoms. The molecule has 1 heterocycles. The van der Waals surface area contributed by atoms with E-state index in [0.29, 0.717) is 5.69 Å². The minimum Gasteiger partial charge on any atom is -0.497 e. The first kappa shape index (κ1) is 15.1. The Labute approximate surface area is 126 Å². The lowest BCUT2D eigenvalue weighted by Gasteiger charge is -2.15. The van der Waals surface area contributed by atoms with Crippen LogP contribution in [0.3, 0.4) is 0 Å². The third-order valence-electron chi connectivity index (χ3n) is 3.95. The van der Waals surface area contributed by atoms with Crippen LogP contribution < -0.4 is 10.1 Å². The van der Waals surface area contributed by atoms with Crippen LogP contribution in [0.1, 0.15) is 35.5 Å². The van der Waals surface area contributed by atoms with Gasteiger partial charge in [0.25, 0.3) is 0 Å². The summed E-state index contributed by atoms with van der Waals surface area (Å²) in [5.74, 6) is 0.865. The second-order valence-electron chi connectivity index (χ2n) is 5.19. The number of nitriles is 1. The van der Waals surface area contributed by atoms with Crippen LogP contribution in [0.2, 0.25) is 0 Å². The van der Waals surface area contributed by atoms with E-state index in [-0.39, 0.29) is 6.04 Å². The number of hydrogen-bond donors (Lipinski definition) is 1.